The third kappa shape index (κ3) is 5.45. The highest BCUT2D eigenvalue weighted by atomic mass is 16.3. The van der Waals surface area contributed by atoms with Crippen molar-refractivity contribution in [2.24, 2.45) is 0 Å². The summed E-state index contributed by atoms with van der Waals surface area (Å²) in [5.74, 6) is 0. The van der Waals surface area contributed by atoms with E-state index in [9.17, 15) is 0 Å². The Morgan fingerprint density at radius 1 is 0.313 bits per heavy atom. The van der Waals surface area contributed by atoms with Crippen LogP contribution in [0.1, 0.15) is 22.3 Å². The van der Waals surface area contributed by atoms with E-state index in [0.717, 1.165) is 66.5 Å². The minimum Gasteiger partial charge on any atom is -0.455 e. The molecule has 14 rings (SSSR count). The molecule has 0 N–H and O–H groups in total. The molecule has 0 fully saturated rings. The van der Waals surface area contributed by atoms with Crippen molar-refractivity contribution in [3.63, 3.8) is 0 Å². The van der Waals surface area contributed by atoms with Crippen molar-refractivity contribution >= 4 is 49.8 Å². The fourth-order valence-corrected chi connectivity index (χ4v) is 11.7. The summed E-state index contributed by atoms with van der Waals surface area (Å²) in [6.07, 6.45) is 0. The van der Waals surface area contributed by atoms with Gasteiger partial charge in [0.25, 0.3) is 0 Å². The van der Waals surface area contributed by atoms with Crippen molar-refractivity contribution < 1.29 is 4.42 Å². The molecule has 0 bridgehead atoms. The first kappa shape index (κ1) is 37.6. The largest absolute Gasteiger partial charge is 0.455 e. The van der Waals surface area contributed by atoms with Crippen molar-refractivity contribution in [2.45, 2.75) is 5.41 Å². The molecule has 0 radical (unpaired) electrons. The molecule has 0 amide bonds. The van der Waals surface area contributed by atoms with Gasteiger partial charge in [0, 0.05) is 32.8 Å². The van der Waals surface area contributed by atoms with Gasteiger partial charge in [0.2, 0.25) is 0 Å². The number of anilines is 3. The van der Waals surface area contributed by atoms with Crippen LogP contribution in [0.15, 0.2) is 253 Å². The van der Waals surface area contributed by atoms with Crippen LogP contribution in [0.25, 0.3) is 88.3 Å². The normalized spacial score (nSPS) is 12.9. The van der Waals surface area contributed by atoms with Gasteiger partial charge < -0.3 is 9.32 Å². The Kier molecular flexibility index (Phi) is 8.23. The first-order valence-electron chi connectivity index (χ1n) is 23.2. The van der Waals surface area contributed by atoms with E-state index in [4.69, 9.17) is 4.42 Å². The van der Waals surface area contributed by atoms with Gasteiger partial charge in [-0.25, -0.2) is 0 Å². The van der Waals surface area contributed by atoms with Crippen molar-refractivity contribution in [1.82, 2.24) is 0 Å². The van der Waals surface area contributed by atoms with Crippen molar-refractivity contribution in [1.29, 1.82) is 0 Å². The summed E-state index contributed by atoms with van der Waals surface area (Å²) in [6, 6.07) is 91.2. The zero-order valence-corrected chi connectivity index (χ0v) is 36.5. The van der Waals surface area contributed by atoms with E-state index in [1.165, 1.54) is 61.2 Å². The average molecular weight is 852 g/mol. The van der Waals surface area contributed by atoms with E-state index in [0.29, 0.717) is 0 Å². The van der Waals surface area contributed by atoms with Crippen LogP contribution in [-0.2, 0) is 5.41 Å². The highest BCUT2D eigenvalue weighted by molar-refractivity contribution is 6.23. The van der Waals surface area contributed by atoms with Gasteiger partial charge in [-0.2, -0.15) is 0 Å². The van der Waals surface area contributed by atoms with Crippen LogP contribution >= 0.6 is 0 Å². The standard InChI is InChI=1S/C65H41NO/c1-3-19-42(20-4-1)44-23-15-25-46(39-44)48-32-17-38-61-62(48)54-41-60(51-29-7-8-30-52(51)64(54)67-61)66(47-26-16-24-45(40-47)43-21-5-2-6-22-43)59-37-18-36-58-63(59)53-31-11-14-35-57(53)65(58)55-33-12-9-27-49(55)50-28-10-13-34-56(50)65/h1-41H. The molecule has 1 aromatic heterocycles. The molecule has 1 spiro atoms. The smallest absolute Gasteiger partial charge is 0.143 e. The Labute approximate surface area is 389 Å². The van der Waals surface area contributed by atoms with E-state index in [2.05, 4.69) is 254 Å². The van der Waals surface area contributed by atoms with E-state index >= 15 is 0 Å². The van der Waals surface area contributed by atoms with E-state index in [1.807, 2.05) is 0 Å². The highest BCUT2D eigenvalue weighted by Gasteiger charge is 2.52. The van der Waals surface area contributed by atoms with E-state index in [1.54, 1.807) is 0 Å². The second-order valence-corrected chi connectivity index (χ2v) is 17.9. The third-order valence-corrected chi connectivity index (χ3v) is 14.5. The zero-order valence-electron chi connectivity index (χ0n) is 36.5. The number of benzene rings is 11. The van der Waals surface area contributed by atoms with E-state index in [-0.39, 0.29) is 0 Å². The van der Waals surface area contributed by atoms with Gasteiger partial charge in [0.15, 0.2) is 0 Å². The Bertz CT molecular complexity index is 3890. The van der Waals surface area contributed by atoms with Crippen LogP contribution in [0.5, 0.6) is 0 Å². The van der Waals surface area contributed by atoms with Crippen LogP contribution in [0.4, 0.5) is 17.1 Å². The minimum atomic E-state index is -0.483. The van der Waals surface area contributed by atoms with Crippen molar-refractivity contribution in [3.05, 3.63) is 271 Å². The highest BCUT2D eigenvalue weighted by Crippen LogP contribution is 2.65. The molecule has 2 aliphatic rings. The monoisotopic (exact) mass is 851 g/mol. The third-order valence-electron chi connectivity index (χ3n) is 14.5. The Morgan fingerprint density at radius 2 is 0.821 bits per heavy atom. The maximum atomic E-state index is 7.00. The van der Waals surface area contributed by atoms with Crippen LogP contribution in [-0.4, -0.2) is 0 Å². The maximum Gasteiger partial charge on any atom is 0.143 e. The van der Waals surface area contributed by atoms with Gasteiger partial charge in [0.1, 0.15) is 11.2 Å². The lowest BCUT2D eigenvalue weighted by atomic mass is 9.70. The molecule has 0 atom stereocenters. The lowest BCUT2D eigenvalue weighted by molar-refractivity contribution is 0.673. The number of nitrogens with zero attached hydrogens (tertiary/aromatic N) is 1. The van der Waals surface area contributed by atoms with Crippen LogP contribution < -0.4 is 4.90 Å². The topological polar surface area (TPSA) is 16.4 Å². The molecule has 0 aliphatic heterocycles. The first-order chi connectivity index (χ1) is 33.3. The van der Waals surface area contributed by atoms with Gasteiger partial charge in [-0.05, 0) is 109 Å². The van der Waals surface area contributed by atoms with Crippen LogP contribution in [0.3, 0.4) is 0 Å². The molecule has 12 aromatic rings. The molecular formula is C65H41NO. The van der Waals surface area contributed by atoms with Gasteiger partial charge >= 0.3 is 0 Å². The minimum absolute atomic E-state index is 0.483. The van der Waals surface area contributed by atoms with Gasteiger partial charge in [-0.15, -0.1) is 0 Å². The second kappa shape index (κ2) is 14.7. The number of furan rings is 1. The van der Waals surface area contributed by atoms with Crippen LogP contribution in [0.2, 0.25) is 0 Å². The van der Waals surface area contributed by atoms with Crippen LogP contribution in [0, 0.1) is 0 Å². The molecule has 0 unspecified atom stereocenters. The molecule has 67 heavy (non-hydrogen) atoms. The molecule has 1 heterocycles. The quantitative estimate of drug-likeness (QED) is 0.166. The molecule has 312 valence electrons. The first-order valence-corrected chi connectivity index (χ1v) is 23.2. The van der Waals surface area contributed by atoms with Gasteiger partial charge in [-0.1, -0.05) is 212 Å². The Balaban J connectivity index is 1.08. The molecule has 2 heteroatoms. The summed E-state index contributed by atoms with van der Waals surface area (Å²) >= 11 is 0. The predicted molar refractivity (Wildman–Crippen MR) is 279 cm³/mol. The summed E-state index contributed by atoms with van der Waals surface area (Å²) in [5.41, 5.74) is 21.9. The SMILES string of the molecule is c1ccc(-c2cccc(-c3cccc4oc5c6ccccc6c(N(c6cccc(-c7ccccc7)c6)c6cccc7c6-c6ccccc6C76c7ccccc7-c7ccccc76)cc5c34)c2)cc1. The summed E-state index contributed by atoms with van der Waals surface area (Å²) < 4.78 is 7.00. The molecule has 11 aromatic carbocycles. The average Bonchev–Trinajstić information content (AvgIpc) is 4.04. The van der Waals surface area contributed by atoms with Crippen molar-refractivity contribution in [2.75, 3.05) is 4.90 Å². The fraction of sp³-hybridized carbons (Fsp3) is 0.0154. The van der Waals surface area contributed by atoms with E-state index < -0.39 is 5.41 Å². The zero-order chi connectivity index (χ0) is 44.1. The molecule has 2 aliphatic carbocycles. The number of fused-ring (bicyclic) bond motifs is 15. The summed E-state index contributed by atoms with van der Waals surface area (Å²) in [7, 11) is 0. The Morgan fingerprint density at radius 3 is 1.54 bits per heavy atom. The summed E-state index contributed by atoms with van der Waals surface area (Å²) in [5, 5.41) is 4.37. The second-order valence-electron chi connectivity index (χ2n) is 17.9. The fourth-order valence-electron chi connectivity index (χ4n) is 11.7. The molecule has 2 nitrogen and oxygen atoms in total. The van der Waals surface area contributed by atoms with Gasteiger partial charge in [0.05, 0.1) is 16.8 Å². The molecule has 0 saturated carbocycles. The lowest BCUT2D eigenvalue weighted by Crippen LogP contribution is -2.26. The lowest BCUT2D eigenvalue weighted by Gasteiger charge is -2.32. The summed E-state index contributed by atoms with van der Waals surface area (Å²) in [4.78, 5) is 2.53. The number of rotatable bonds is 6. The number of hydrogen-bond donors (Lipinski definition) is 0. The molecular weight excluding hydrogens is 811 g/mol. The molecule has 0 saturated heterocycles. The maximum absolute atomic E-state index is 7.00. The Hall–Kier alpha value is -8.72. The summed E-state index contributed by atoms with van der Waals surface area (Å²) in [6.45, 7) is 0. The van der Waals surface area contributed by atoms with Crippen molar-refractivity contribution in [3.8, 4) is 55.6 Å². The predicted octanol–water partition coefficient (Wildman–Crippen LogP) is 17.6. The van der Waals surface area contributed by atoms with Gasteiger partial charge in [-0.3, -0.25) is 0 Å². The number of hydrogen-bond acceptors (Lipinski definition) is 2.